The van der Waals surface area contributed by atoms with Crippen LogP contribution in [0.3, 0.4) is 0 Å². The number of nitrogens with one attached hydrogen (secondary N) is 2. The molecular formula is C59H80N6O15S. The summed E-state index contributed by atoms with van der Waals surface area (Å²) in [5, 5.41) is 5.39. The maximum atomic E-state index is 13.7. The van der Waals surface area contributed by atoms with Crippen LogP contribution in [0.2, 0.25) is 0 Å². The number of likely N-dealkylation sites (N-methyl/N-ethyl adjacent to an activating group) is 3. The van der Waals surface area contributed by atoms with Gasteiger partial charge in [-0.15, -0.1) is 0 Å². The van der Waals surface area contributed by atoms with Gasteiger partial charge in [0.1, 0.15) is 41.7 Å². The SMILES string of the molecule is CCCCCCCCCCCCCC(=O)N(C)CC(=O)N(C)[C@@H](CS)C(=O)N(C)CCOCCOCC(=O)N[C@@H](CCCCNC(=O)c1ccc2c(c1)C(=O)OC21c2ccc(OC(C)=O)cc2Oc2cc(OC(C)=O)ccc21)C(N)=O. The minimum Gasteiger partial charge on any atom is -0.456 e. The van der Waals surface area contributed by atoms with Gasteiger partial charge >= 0.3 is 17.9 Å². The standard InChI is InChI=1S/C59H80N6O15S/c1-7-8-9-10-11-12-13-14-15-16-17-21-53(69)64(5)36-54(70)65(6)49(38-81)57(73)63(4)29-30-75-31-32-76-37-52(68)62-48(55(60)71)20-18-19-28-61-56(72)41-22-25-45-44(33-41)58(74)80-59(45)46-26-23-42(77-39(2)66)34-50(46)79-51-35-43(78-40(3)67)24-27-47(51)59/h22-27,33-35,48-49,81H,7-21,28-32,36-38H2,1-6H3,(H2,60,71)(H,61,72)(H,62,68)/t48-,49-/m0/s1. The van der Waals surface area contributed by atoms with E-state index in [1.807, 2.05) is 0 Å². The van der Waals surface area contributed by atoms with Crippen molar-refractivity contribution in [2.75, 3.05) is 73.0 Å². The minimum atomic E-state index is -1.54. The second-order valence-electron chi connectivity index (χ2n) is 20.4. The molecule has 2 heterocycles. The molecule has 2 aliphatic rings. The van der Waals surface area contributed by atoms with E-state index >= 15 is 0 Å². The minimum absolute atomic E-state index is 0.0384. The molecular weight excluding hydrogens is 1060 g/mol. The lowest BCUT2D eigenvalue weighted by atomic mass is 9.77. The van der Waals surface area contributed by atoms with E-state index in [1.165, 1.54) is 105 Å². The highest BCUT2D eigenvalue weighted by molar-refractivity contribution is 7.80. The average molecular weight is 1150 g/mol. The number of benzene rings is 3. The fourth-order valence-electron chi connectivity index (χ4n) is 9.61. The molecule has 2 atom stereocenters. The molecule has 22 heteroatoms. The highest BCUT2D eigenvalue weighted by Gasteiger charge is 2.54. The van der Waals surface area contributed by atoms with Crippen LogP contribution in [0.25, 0.3) is 0 Å². The molecule has 0 aliphatic carbocycles. The van der Waals surface area contributed by atoms with E-state index < -0.39 is 53.3 Å². The number of rotatable bonds is 35. The van der Waals surface area contributed by atoms with Crippen LogP contribution in [0.15, 0.2) is 54.6 Å². The Bertz CT molecular complexity index is 2640. The Morgan fingerprint density at radius 3 is 1.85 bits per heavy atom. The Kier molecular flexibility index (Phi) is 25.9. The van der Waals surface area contributed by atoms with Crippen molar-refractivity contribution in [1.82, 2.24) is 25.3 Å². The lowest BCUT2D eigenvalue weighted by Crippen LogP contribution is -2.52. The molecule has 3 aromatic carbocycles. The predicted octanol–water partition coefficient (Wildman–Crippen LogP) is 6.38. The molecule has 0 saturated carbocycles. The van der Waals surface area contributed by atoms with E-state index in [2.05, 4.69) is 30.2 Å². The number of primary amides is 1. The van der Waals surface area contributed by atoms with Crippen molar-refractivity contribution >= 4 is 66.0 Å². The highest BCUT2D eigenvalue weighted by Crippen LogP contribution is 2.57. The van der Waals surface area contributed by atoms with E-state index in [0.29, 0.717) is 36.0 Å². The number of thiol groups is 1. The van der Waals surface area contributed by atoms with Crippen LogP contribution < -0.4 is 30.6 Å². The fraction of sp³-hybridized carbons (Fsp3) is 0.542. The van der Waals surface area contributed by atoms with Gasteiger partial charge in [-0.1, -0.05) is 77.2 Å². The van der Waals surface area contributed by atoms with Crippen LogP contribution in [0, 0.1) is 0 Å². The lowest BCUT2D eigenvalue weighted by Gasteiger charge is -2.36. The number of esters is 3. The fourth-order valence-corrected chi connectivity index (χ4v) is 10.0. The highest BCUT2D eigenvalue weighted by atomic mass is 32.1. The van der Waals surface area contributed by atoms with Crippen molar-refractivity contribution in [2.24, 2.45) is 5.73 Å². The smallest absolute Gasteiger partial charge is 0.340 e. The third-order valence-corrected chi connectivity index (χ3v) is 14.4. The number of unbranched alkanes of at least 4 members (excludes halogenated alkanes) is 11. The van der Waals surface area contributed by atoms with Crippen LogP contribution in [0.5, 0.6) is 23.0 Å². The van der Waals surface area contributed by atoms with Crippen molar-refractivity contribution in [3.05, 3.63) is 82.4 Å². The molecule has 0 radical (unpaired) electrons. The molecule has 2 aliphatic heterocycles. The molecule has 442 valence electrons. The summed E-state index contributed by atoms with van der Waals surface area (Å²) in [7, 11) is 4.71. The molecule has 5 rings (SSSR count). The first-order valence-corrected chi connectivity index (χ1v) is 28.5. The average Bonchev–Trinajstić information content (AvgIpc) is 3.71. The summed E-state index contributed by atoms with van der Waals surface area (Å²) in [6, 6.07) is 12.0. The maximum absolute atomic E-state index is 13.7. The number of fused-ring (bicyclic) bond motifs is 6. The van der Waals surface area contributed by atoms with Gasteiger partial charge in [0.05, 0.1) is 31.9 Å². The van der Waals surface area contributed by atoms with Crippen molar-refractivity contribution in [2.45, 2.75) is 135 Å². The van der Waals surface area contributed by atoms with Crippen molar-refractivity contribution in [3.8, 4) is 23.0 Å². The van der Waals surface area contributed by atoms with E-state index in [-0.39, 0.29) is 110 Å². The summed E-state index contributed by atoms with van der Waals surface area (Å²) < 4.78 is 34.0. The first kappa shape index (κ1) is 64.8. The van der Waals surface area contributed by atoms with Crippen LogP contribution in [0.4, 0.5) is 0 Å². The zero-order valence-electron chi connectivity index (χ0n) is 47.6. The third-order valence-electron chi connectivity index (χ3n) is 14.1. The van der Waals surface area contributed by atoms with Crippen LogP contribution in [-0.2, 0) is 53.4 Å². The summed E-state index contributed by atoms with van der Waals surface area (Å²) in [6.07, 6.45) is 14.4. The number of ether oxygens (including phenoxy) is 6. The topological polar surface area (TPSA) is 269 Å². The Morgan fingerprint density at radius 1 is 0.691 bits per heavy atom. The van der Waals surface area contributed by atoms with Gasteiger partial charge in [0, 0.05) is 94.6 Å². The first-order valence-electron chi connectivity index (χ1n) is 27.9. The predicted molar refractivity (Wildman–Crippen MR) is 303 cm³/mol. The Hall–Kier alpha value is -7.04. The van der Waals surface area contributed by atoms with E-state index in [4.69, 9.17) is 34.2 Å². The Morgan fingerprint density at radius 2 is 1.27 bits per heavy atom. The van der Waals surface area contributed by atoms with Gasteiger partial charge in [0.15, 0.2) is 5.60 Å². The van der Waals surface area contributed by atoms with Crippen molar-refractivity contribution < 1.29 is 71.6 Å². The van der Waals surface area contributed by atoms with Gasteiger partial charge in [-0.2, -0.15) is 12.6 Å². The second kappa shape index (κ2) is 32.4. The number of nitrogens with two attached hydrogens (primary N) is 1. The monoisotopic (exact) mass is 1140 g/mol. The van der Waals surface area contributed by atoms with Gasteiger partial charge in [0.2, 0.25) is 29.5 Å². The third kappa shape index (κ3) is 18.8. The first-order chi connectivity index (χ1) is 38.8. The number of amides is 6. The zero-order valence-corrected chi connectivity index (χ0v) is 48.5. The normalized spacial score (nSPS) is 13.3. The number of nitrogens with zero attached hydrogens (tertiary/aromatic N) is 3. The maximum Gasteiger partial charge on any atom is 0.340 e. The van der Waals surface area contributed by atoms with E-state index in [0.717, 1.165) is 19.3 Å². The molecule has 0 fully saturated rings. The van der Waals surface area contributed by atoms with Crippen LogP contribution >= 0.6 is 12.6 Å². The Labute approximate surface area is 480 Å². The molecule has 81 heavy (non-hydrogen) atoms. The number of carbonyl (C=O) groups excluding carboxylic acids is 9. The van der Waals surface area contributed by atoms with Crippen LogP contribution in [-0.4, -0.2) is 153 Å². The van der Waals surface area contributed by atoms with E-state index in [9.17, 15) is 43.2 Å². The summed E-state index contributed by atoms with van der Waals surface area (Å²) in [5.74, 6) is -3.57. The Balaban J connectivity index is 0.979. The second-order valence-corrected chi connectivity index (χ2v) is 20.7. The summed E-state index contributed by atoms with van der Waals surface area (Å²) in [5.41, 5.74) is 5.61. The molecule has 1 spiro atoms. The van der Waals surface area contributed by atoms with Crippen molar-refractivity contribution in [3.63, 3.8) is 0 Å². The molecule has 0 aromatic heterocycles. The van der Waals surface area contributed by atoms with Gasteiger partial charge < -0.3 is 59.5 Å². The summed E-state index contributed by atoms with van der Waals surface area (Å²) in [4.78, 5) is 119. The van der Waals surface area contributed by atoms with Gasteiger partial charge in [-0.25, -0.2) is 4.79 Å². The number of carbonyl (C=O) groups is 9. The quantitative estimate of drug-likeness (QED) is 0.0215. The van der Waals surface area contributed by atoms with Crippen LogP contribution in [0.1, 0.15) is 154 Å². The zero-order chi connectivity index (χ0) is 59.1. The lowest BCUT2D eigenvalue weighted by molar-refractivity contribution is -0.145. The summed E-state index contributed by atoms with van der Waals surface area (Å²) in [6.45, 7) is 4.89. The van der Waals surface area contributed by atoms with E-state index in [1.54, 1.807) is 50.5 Å². The molecule has 3 aromatic rings. The number of hydrogen-bond acceptors (Lipinski definition) is 16. The molecule has 4 N–H and O–H groups in total. The van der Waals surface area contributed by atoms with Crippen molar-refractivity contribution in [1.29, 1.82) is 0 Å². The molecule has 0 bridgehead atoms. The van der Waals surface area contributed by atoms with Gasteiger partial charge in [-0.3, -0.25) is 38.4 Å². The van der Waals surface area contributed by atoms with Gasteiger partial charge in [-0.05, 0) is 62.1 Å². The molecule has 6 amide bonds. The molecule has 0 unspecified atom stereocenters. The molecule has 21 nitrogen and oxygen atoms in total. The number of hydrogen-bond donors (Lipinski definition) is 4. The molecule has 0 saturated heterocycles. The van der Waals surface area contributed by atoms with Gasteiger partial charge in [0.25, 0.3) is 5.91 Å². The largest absolute Gasteiger partial charge is 0.456 e. The summed E-state index contributed by atoms with van der Waals surface area (Å²) >= 11 is 4.34.